The first-order valence-electron chi connectivity index (χ1n) is 12.3. The van der Waals surface area contributed by atoms with Gasteiger partial charge in [-0.05, 0) is 82.5 Å². The Morgan fingerprint density at radius 2 is 1.65 bits per heavy atom. The summed E-state index contributed by atoms with van der Waals surface area (Å²) in [5, 5.41) is 2.21. The highest BCUT2D eigenvalue weighted by Gasteiger charge is 2.12. The van der Waals surface area contributed by atoms with Crippen molar-refractivity contribution >= 4 is 18.2 Å². The molecule has 1 heteroatoms. The van der Waals surface area contributed by atoms with Gasteiger partial charge >= 0.3 is 0 Å². The van der Waals surface area contributed by atoms with E-state index in [1.807, 2.05) is 12.1 Å². The molecule has 0 radical (unpaired) electrons. The molecular weight excluding hydrogens is 410 g/mol. The Labute approximate surface area is 206 Å². The molecule has 0 amide bonds. The van der Waals surface area contributed by atoms with Gasteiger partial charge in [-0.15, -0.1) is 0 Å². The molecule has 176 valence electrons. The highest BCUT2D eigenvalue weighted by molar-refractivity contribution is 5.70. The third kappa shape index (κ3) is 6.60. The maximum absolute atomic E-state index is 4.39. The van der Waals surface area contributed by atoms with Crippen LogP contribution < -0.4 is 10.4 Å². The second-order valence-electron chi connectivity index (χ2n) is 9.64. The van der Waals surface area contributed by atoms with Crippen molar-refractivity contribution in [2.75, 3.05) is 7.05 Å². The fourth-order valence-electron chi connectivity index (χ4n) is 4.28. The molecule has 0 aliphatic rings. The molecule has 0 aromatic heterocycles. The van der Waals surface area contributed by atoms with Crippen molar-refractivity contribution < 1.29 is 0 Å². The molecule has 0 spiro atoms. The first-order chi connectivity index (χ1) is 16.3. The van der Waals surface area contributed by atoms with Crippen molar-refractivity contribution in [2.24, 2.45) is 5.92 Å². The van der Waals surface area contributed by atoms with Crippen LogP contribution in [-0.4, -0.2) is 11.9 Å². The van der Waals surface area contributed by atoms with Crippen LogP contribution in [0.4, 0.5) is 0 Å². The number of hydrogen-bond acceptors (Lipinski definition) is 1. The Hall–Kier alpha value is -3.32. The van der Waals surface area contributed by atoms with Crippen LogP contribution in [0.3, 0.4) is 0 Å². The minimum Gasteiger partial charge on any atom is -0.374 e. The van der Waals surface area contributed by atoms with Crippen molar-refractivity contribution in [1.29, 1.82) is 0 Å². The smallest absolute Gasteiger partial charge is 0.0423 e. The molecule has 0 atom stereocenters. The van der Waals surface area contributed by atoms with Gasteiger partial charge in [0.25, 0.3) is 0 Å². The topological polar surface area (TPSA) is 3.24 Å². The molecule has 0 aliphatic heterocycles. The number of aryl methyl sites for hydroxylation is 3. The molecule has 0 unspecified atom stereocenters. The number of benzene rings is 3. The number of allylic oxidation sites excluding steroid dienone is 3. The van der Waals surface area contributed by atoms with Crippen LogP contribution in [0.2, 0.25) is 0 Å². The zero-order chi connectivity index (χ0) is 24.7. The van der Waals surface area contributed by atoms with Crippen LogP contribution in [0.25, 0.3) is 18.2 Å². The summed E-state index contributed by atoms with van der Waals surface area (Å²) in [5.74, 6) is 0.453. The predicted octanol–water partition coefficient (Wildman–Crippen LogP) is 6.68. The van der Waals surface area contributed by atoms with Crippen molar-refractivity contribution in [3.63, 3.8) is 0 Å². The minimum absolute atomic E-state index is 0.453. The SMILES string of the molecule is C=C(c1c(C)cccc1CCc1cccc(CN(C)/C(C)=C/C=c2/ccccc2=C)c1)C(C)C. The average Bonchev–Trinajstić information content (AvgIpc) is 2.81. The van der Waals surface area contributed by atoms with Crippen molar-refractivity contribution in [3.8, 4) is 0 Å². The normalized spacial score (nSPS) is 12.3. The summed E-state index contributed by atoms with van der Waals surface area (Å²) in [7, 11) is 2.15. The molecule has 3 aromatic rings. The highest BCUT2D eigenvalue weighted by atomic mass is 15.1. The average molecular weight is 450 g/mol. The maximum Gasteiger partial charge on any atom is 0.0423 e. The third-order valence-electron chi connectivity index (χ3n) is 6.63. The molecule has 0 fully saturated rings. The van der Waals surface area contributed by atoms with Gasteiger partial charge in [-0.3, -0.25) is 0 Å². The summed E-state index contributed by atoms with van der Waals surface area (Å²) in [4.78, 5) is 2.30. The Bertz CT molecular complexity index is 1280. The lowest BCUT2D eigenvalue weighted by atomic mass is 9.87. The standard InChI is InChI=1S/C33H39N/c1-24(2)28(6)33-26(4)13-10-17-32(33)21-19-29-14-11-15-30(22-29)23-34(7)27(5)18-20-31-16-9-8-12-25(31)3/h8-18,20,22,24H,3,6,19,21,23H2,1-2,4-5,7H3/b27-18+,31-20-. The van der Waals surface area contributed by atoms with Gasteiger partial charge in [0.15, 0.2) is 0 Å². The van der Waals surface area contributed by atoms with Crippen LogP contribution in [0.1, 0.15) is 48.6 Å². The van der Waals surface area contributed by atoms with Gasteiger partial charge < -0.3 is 4.90 Å². The van der Waals surface area contributed by atoms with Gasteiger partial charge in [-0.2, -0.15) is 0 Å². The summed E-state index contributed by atoms with van der Waals surface area (Å²) >= 11 is 0. The molecule has 0 heterocycles. The third-order valence-corrected chi connectivity index (χ3v) is 6.63. The van der Waals surface area contributed by atoms with Gasteiger partial charge in [0.2, 0.25) is 0 Å². The molecule has 3 rings (SSSR count). The van der Waals surface area contributed by atoms with Crippen molar-refractivity contribution in [3.05, 3.63) is 123 Å². The number of hydrogen-bond donors (Lipinski definition) is 0. The lowest BCUT2D eigenvalue weighted by Crippen LogP contribution is -2.21. The van der Waals surface area contributed by atoms with Crippen molar-refractivity contribution in [2.45, 2.75) is 47.1 Å². The van der Waals surface area contributed by atoms with E-state index in [1.165, 1.54) is 39.1 Å². The van der Waals surface area contributed by atoms with E-state index in [2.05, 4.69) is 120 Å². The lowest BCUT2D eigenvalue weighted by molar-refractivity contribution is 0.413. The monoisotopic (exact) mass is 449 g/mol. The zero-order valence-electron chi connectivity index (χ0n) is 21.6. The van der Waals surface area contributed by atoms with E-state index >= 15 is 0 Å². The summed E-state index contributed by atoms with van der Waals surface area (Å²) in [6, 6.07) is 23.9. The molecule has 0 N–H and O–H groups in total. The Balaban J connectivity index is 1.70. The van der Waals surface area contributed by atoms with Crippen LogP contribution >= 0.6 is 0 Å². The van der Waals surface area contributed by atoms with Gasteiger partial charge in [0.1, 0.15) is 0 Å². The zero-order valence-corrected chi connectivity index (χ0v) is 21.6. The molecular formula is C33H39N. The molecule has 3 aromatic carbocycles. The van der Waals surface area contributed by atoms with E-state index in [4.69, 9.17) is 0 Å². The van der Waals surface area contributed by atoms with Gasteiger partial charge in [-0.1, -0.05) is 99.8 Å². The van der Waals surface area contributed by atoms with E-state index < -0.39 is 0 Å². The Kier molecular flexibility index (Phi) is 8.71. The number of nitrogens with zero attached hydrogens (tertiary/aromatic N) is 1. The van der Waals surface area contributed by atoms with Crippen molar-refractivity contribution in [1.82, 2.24) is 4.90 Å². The van der Waals surface area contributed by atoms with E-state index in [-0.39, 0.29) is 0 Å². The van der Waals surface area contributed by atoms with Crippen LogP contribution in [0.5, 0.6) is 0 Å². The van der Waals surface area contributed by atoms with Crippen LogP contribution in [0, 0.1) is 12.8 Å². The fourth-order valence-corrected chi connectivity index (χ4v) is 4.28. The van der Waals surface area contributed by atoms with Gasteiger partial charge in [0.05, 0.1) is 0 Å². The quantitative estimate of drug-likeness (QED) is 0.352. The summed E-state index contributed by atoms with van der Waals surface area (Å²) in [6.07, 6.45) is 6.38. The van der Waals surface area contributed by atoms with E-state index in [0.717, 1.165) is 29.8 Å². The highest BCUT2D eigenvalue weighted by Crippen LogP contribution is 2.28. The molecule has 1 nitrogen and oxygen atoms in total. The first kappa shape index (κ1) is 25.3. The molecule has 0 bridgehead atoms. The summed E-state index contributed by atoms with van der Waals surface area (Å²) in [5.41, 5.74) is 9.27. The predicted molar refractivity (Wildman–Crippen MR) is 150 cm³/mol. The summed E-state index contributed by atoms with van der Waals surface area (Å²) < 4.78 is 0. The van der Waals surface area contributed by atoms with E-state index in [1.54, 1.807) is 0 Å². The lowest BCUT2D eigenvalue weighted by Gasteiger charge is -2.20. The van der Waals surface area contributed by atoms with Crippen LogP contribution in [-0.2, 0) is 19.4 Å². The molecule has 0 aliphatic carbocycles. The van der Waals surface area contributed by atoms with Crippen LogP contribution in [0.15, 0.2) is 85.1 Å². The summed E-state index contributed by atoms with van der Waals surface area (Å²) in [6.45, 7) is 18.2. The van der Waals surface area contributed by atoms with Gasteiger partial charge in [-0.25, -0.2) is 0 Å². The minimum atomic E-state index is 0.453. The molecule has 34 heavy (non-hydrogen) atoms. The first-order valence-corrected chi connectivity index (χ1v) is 12.3. The number of rotatable bonds is 9. The Morgan fingerprint density at radius 1 is 0.941 bits per heavy atom. The van der Waals surface area contributed by atoms with E-state index in [0.29, 0.717) is 5.92 Å². The fraction of sp³-hybridized carbons (Fsp3) is 0.273. The maximum atomic E-state index is 4.39. The van der Waals surface area contributed by atoms with Gasteiger partial charge in [0, 0.05) is 19.3 Å². The largest absolute Gasteiger partial charge is 0.374 e. The van der Waals surface area contributed by atoms with E-state index in [9.17, 15) is 0 Å². The second kappa shape index (κ2) is 11.7. The Morgan fingerprint density at radius 3 is 2.38 bits per heavy atom. The molecule has 0 saturated carbocycles. The molecule has 0 saturated heterocycles. The second-order valence-corrected chi connectivity index (χ2v) is 9.64.